The molecule has 1 atom stereocenters. The third-order valence-corrected chi connectivity index (χ3v) is 2.59. The highest BCUT2D eigenvalue weighted by molar-refractivity contribution is 5.75. The van der Waals surface area contributed by atoms with Crippen molar-refractivity contribution in [3.63, 3.8) is 0 Å². The molecule has 0 spiro atoms. The van der Waals surface area contributed by atoms with Gasteiger partial charge in [0, 0.05) is 32.1 Å². The average molecular weight is 243 g/mol. The van der Waals surface area contributed by atoms with E-state index in [1.54, 1.807) is 11.8 Å². The van der Waals surface area contributed by atoms with E-state index in [-0.39, 0.29) is 24.0 Å². The number of amides is 3. The maximum atomic E-state index is 11.4. The standard InChI is InChI=1S/C12H25N3O2/c1-6-10(4)15(11(5)16)8-7-13-12(17)14-9(2)3/h9-10H,6-8H2,1-5H3,(H2,13,14,17). The molecule has 0 fully saturated rings. The summed E-state index contributed by atoms with van der Waals surface area (Å²) in [6, 6.07) is 0.142. The van der Waals surface area contributed by atoms with Gasteiger partial charge in [-0.15, -0.1) is 0 Å². The maximum Gasteiger partial charge on any atom is 0.315 e. The van der Waals surface area contributed by atoms with Gasteiger partial charge < -0.3 is 15.5 Å². The summed E-state index contributed by atoms with van der Waals surface area (Å²) in [5.74, 6) is 0.0467. The molecule has 0 heterocycles. The van der Waals surface area contributed by atoms with Gasteiger partial charge in [0.15, 0.2) is 0 Å². The number of carbonyl (C=O) groups excluding carboxylic acids is 2. The summed E-state index contributed by atoms with van der Waals surface area (Å²) < 4.78 is 0. The van der Waals surface area contributed by atoms with Gasteiger partial charge >= 0.3 is 6.03 Å². The summed E-state index contributed by atoms with van der Waals surface area (Å²) >= 11 is 0. The molecule has 0 radical (unpaired) electrons. The molecule has 0 aromatic carbocycles. The normalized spacial score (nSPS) is 12.1. The van der Waals surface area contributed by atoms with Crippen molar-refractivity contribution in [2.45, 2.75) is 53.1 Å². The van der Waals surface area contributed by atoms with E-state index in [1.165, 1.54) is 0 Å². The number of hydrogen-bond donors (Lipinski definition) is 2. The summed E-state index contributed by atoms with van der Waals surface area (Å²) in [7, 11) is 0. The lowest BCUT2D eigenvalue weighted by atomic mass is 10.2. The Morgan fingerprint density at radius 2 is 1.82 bits per heavy atom. The first-order chi connectivity index (χ1) is 7.88. The van der Waals surface area contributed by atoms with Crippen LogP contribution < -0.4 is 10.6 Å². The Hall–Kier alpha value is -1.26. The van der Waals surface area contributed by atoms with Crippen molar-refractivity contribution in [2.75, 3.05) is 13.1 Å². The Morgan fingerprint density at radius 1 is 1.24 bits per heavy atom. The van der Waals surface area contributed by atoms with Crippen LogP contribution in [0.3, 0.4) is 0 Å². The van der Waals surface area contributed by atoms with Crippen molar-refractivity contribution in [3.05, 3.63) is 0 Å². The summed E-state index contributed by atoms with van der Waals surface area (Å²) in [5.41, 5.74) is 0. The van der Waals surface area contributed by atoms with E-state index in [0.717, 1.165) is 6.42 Å². The SMILES string of the molecule is CCC(C)N(CCNC(=O)NC(C)C)C(C)=O. The minimum Gasteiger partial charge on any atom is -0.338 e. The van der Waals surface area contributed by atoms with E-state index in [9.17, 15) is 9.59 Å². The fraction of sp³-hybridized carbons (Fsp3) is 0.833. The highest BCUT2D eigenvalue weighted by Gasteiger charge is 2.14. The first-order valence-corrected chi connectivity index (χ1v) is 6.20. The molecule has 3 amide bonds. The molecule has 0 saturated carbocycles. The van der Waals surface area contributed by atoms with Crippen molar-refractivity contribution in [1.82, 2.24) is 15.5 Å². The number of rotatable bonds is 6. The predicted molar refractivity (Wildman–Crippen MR) is 68.8 cm³/mol. The molecule has 0 bridgehead atoms. The summed E-state index contributed by atoms with van der Waals surface area (Å²) in [5, 5.41) is 5.47. The Bertz CT molecular complexity index is 254. The quantitative estimate of drug-likeness (QED) is 0.739. The largest absolute Gasteiger partial charge is 0.338 e. The van der Waals surface area contributed by atoms with Gasteiger partial charge in [0.25, 0.3) is 0 Å². The number of urea groups is 1. The molecule has 0 aromatic rings. The van der Waals surface area contributed by atoms with Gasteiger partial charge in [0.1, 0.15) is 0 Å². The average Bonchev–Trinajstić information content (AvgIpc) is 2.21. The Labute approximate surface area is 104 Å². The van der Waals surface area contributed by atoms with Crippen LogP contribution in [-0.4, -0.2) is 42.0 Å². The lowest BCUT2D eigenvalue weighted by Crippen LogP contribution is -2.45. The van der Waals surface area contributed by atoms with Crippen LogP contribution in [-0.2, 0) is 4.79 Å². The molecular weight excluding hydrogens is 218 g/mol. The second-order valence-electron chi connectivity index (χ2n) is 4.52. The summed E-state index contributed by atoms with van der Waals surface area (Å²) in [4.78, 5) is 24.5. The lowest BCUT2D eigenvalue weighted by molar-refractivity contribution is -0.130. The third-order valence-electron chi connectivity index (χ3n) is 2.59. The molecule has 17 heavy (non-hydrogen) atoms. The van der Waals surface area contributed by atoms with Crippen LogP contribution in [0.5, 0.6) is 0 Å². The third kappa shape index (κ3) is 6.81. The summed E-state index contributed by atoms with van der Waals surface area (Å²) in [6.07, 6.45) is 0.914. The predicted octanol–water partition coefficient (Wildman–Crippen LogP) is 1.34. The monoisotopic (exact) mass is 243 g/mol. The van der Waals surface area contributed by atoms with Gasteiger partial charge in [-0.2, -0.15) is 0 Å². The van der Waals surface area contributed by atoms with E-state index in [2.05, 4.69) is 10.6 Å². The number of carbonyl (C=O) groups is 2. The van der Waals surface area contributed by atoms with Crippen LogP contribution in [0.1, 0.15) is 41.0 Å². The number of nitrogens with zero attached hydrogens (tertiary/aromatic N) is 1. The van der Waals surface area contributed by atoms with Gasteiger partial charge in [0.2, 0.25) is 5.91 Å². The van der Waals surface area contributed by atoms with Crippen LogP contribution in [0.2, 0.25) is 0 Å². The molecule has 100 valence electrons. The molecule has 0 aliphatic carbocycles. The van der Waals surface area contributed by atoms with Crippen LogP contribution in [0.15, 0.2) is 0 Å². The van der Waals surface area contributed by atoms with Crippen LogP contribution in [0.25, 0.3) is 0 Å². The topological polar surface area (TPSA) is 61.4 Å². The van der Waals surface area contributed by atoms with E-state index < -0.39 is 0 Å². The minimum absolute atomic E-state index is 0.0467. The molecule has 0 aliphatic rings. The van der Waals surface area contributed by atoms with Gasteiger partial charge in [-0.1, -0.05) is 6.92 Å². The molecule has 1 unspecified atom stereocenters. The molecule has 0 saturated heterocycles. The Kier molecular flexibility index (Phi) is 7.34. The van der Waals surface area contributed by atoms with Crippen molar-refractivity contribution >= 4 is 11.9 Å². The van der Waals surface area contributed by atoms with Crippen LogP contribution >= 0.6 is 0 Å². The lowest BCUT2D eigenvalue weighted by Gasteiger charge is -2.27. The minimum atomic E-state index is -0.187. The van der Waals surface area contributed by atoms with E-state index in [0.29, 0.717) is 13.1 Å². The molecule has 0 aliphatic heterocycles. The smallest absolute Gasteiger partial charge is 0.315 e. The van der Waals surface area contributed by atoms with Gasteiger partial charge in [-0.25, -0.2) is 4.79 Å². The molecule has 5 heteroatoms. The second-order valence-corrected chi connectivity index (χ2v) is 4.52. The zero-order valence-electron chi connectivity index (χ0n) is 11.5. The molecular formula is C12H25N3O2. The van der Waals surface area contributed by atoms with Crippen molar-refractivity contribution < 1.29 is 9.59 Å². The van der Waals surface area contributed by atoms with Gasteiger partial charge in [-0.05, 0) is 27.2 Å². The fourth-order valence-electron chi connectivity index (χ4n) is 1.51. The van der Waals surface area contributed by atoms with E-state index >= 15 is 0 Å². The van der Waals surface area contributed by atoms with Crippen molar-refractivity contribution in [1.29, 1.82) is 0 Å². The summed E-state index contributed by atoms with van der Waals surface area (Å²) in [6.45, 7) is 10.4. The first kappa shape index (κ1) is 15.7. The molecule has 0 aromatic heterocycles. The number of hydrogen-bond acceptors (Lipinski definition) is 2. The highest BCUT2D eigenvalue weighted by Crippen LogP contribution is 2.02. The second kappa shape index (κ2) is 7.92. The van der Waals surface area contributed by atoms with Crippen molar-refractivity contribution in [3.8, 4) is 0 Å². The Morgan fingerprint density at radius 3 is 2.24 bits per heavy atom. The highest BCUT2D eigenvalue weighted by atomic mass is 16.2. The molecule has 0 rings (SSSR count). The molecule has 5 nitrogen and oxygen atoms in total. The van der Waals surface area contributed by atoms with Crippen LogP contribution in [0, 0.1) is 0 Å². The Balaban J connectivity index is 3.98. The van der Waals surface area contributed by atoms with Gasteiger partial charge in [-0.3, -0.25) is 4.79 Å². The van der Waals surface area contributed by atoms with E-state index in [1.807, 2.05) is 27.7 Å². The zero-order chi connectivity index (χ0) is 13.4. The first-order valence-electron chi connectivity index (χ1n) is 6.20. The maximum absolute atomic E-state index is 11.4. The number of nitrogens with one attached hydrogen (secondary N) is 2. The van der Waals surface area contributed by atoms with Crippen molar-refractivity contribution in [2.24, 2.45) is 0 Å². The van der Waals surface area contributed by atoms with Crippen LogP contribution in [0.4, 0.5) is 4.79 Å². The molecule has 2 N–H and O–H groups in total. The fourth-order valence-corrected chi connectivity index (χ4v) is 1.51. The zero-order valence-corrected chi connectivity index (χ0v) is 11.5. The van der Waals surface area contributed by atoms with E-state index in [4.69, 9.17) is 0 Å². The van der Waals surface area contributed by atoms with Gasteiger partial charge in [0.05, 0.1) is 0 Å².